The molecule has 0 aliphatic carbocycles. The molecule has 0 amide bonds. The number of unbranched alkanes of at least 4 members (excludes halogenated alkanes) is 1. The molecule has 0 atom stereocenters. The Labute approximate surface area is 195 Å². The fourth-order valence-corrected chi connectivity index (χ4v) is 4.54. The summed E-state index contributed by atoms with van der Waals surface area (Å²) in [6.07, 6.45) is 9.76. The number of benzene rings is 3. The van der Waals surface area contributed by atoms with E-state index in [0.717, 1.165) is 38.5 Å². The molecule has 0 saturated heterocycles. The first kappa shape index (κ1) is 24.3. The molecular formula is C31H40O. The van der Waals surface area contributed by atoms with Crippen LogP contribution in [-0.4, -0.2) is 11.7 Å². The summed E-state index contributed by atoms with van der Waals surface area (Å²) < 4.78 is 0. The predicted octanol–water partition coefficient (Wildman–Crippen LogP) is 7.53. The quantitative estimate of drug-likeness (QED) is 0.316. The molecule has 1 nitrogen and oxygen atoms in total. The maximum Gasteiger partial charge on any atom is 0.0434 e. The Morgan fingerprint density at radius 1 is 0.531 bits per heavy atom. The third-order valence-corrected chi connectivity index (χ3v) is 6.56. The van der Waals surface area contributed by atoms with Crippen molar-refractivity contribution in [2.75, 3.05) is 6.61 Å². The van der Waals surface area contributed by atoms with E-state index < -0.39 is 0 Å². The van der Waals surface area contributed by atoms with Gasteiger partial charge in [-0.3, -0.25) is 0 Å². The molecular weight excluding hydrogens is 388 g/mol. The molecule has 0 unspecified atom stereocenters. The number of aryl methyl sites for hydroxylation is 6. The Hall–Kier alpha value is -2.38. The van der Waals surface area contributed by atoms with Crippen molar-refractivity contribution in [1.82, 2.24) is 0 Å². The smallest absolute Gasteiger partial charge is 0.0434 e. The lowest BCUT2D eigenvalue weighted by molar-refractivity contribution is 0.288. The van der Waals surface area contributed by atoms with Gasteiger partial charge in [0.15, 0.2) is 0 Å². The van der Waals surface area contributed by atoms with E-state index in [4.69, 9.17) is 5.11 Å². The van der Waals surface area contributed by atoms with Gasteiger partial charge in [-0.15, -0.1) is 0 Å². The van der Waals surface area contributed by atoms with Crippen LogP contribution < -0.4 is 0 Å². The van der Waals surface area contributed by atoms with E-state index in [-0.39, 0.29) is 6.61 Å². The number of aliphatic hydroxyl groups is 1. The highest BCUT2D eigenvalue weighted by atomic mass is 16.2. The Kier molecular flexibility index (Phi) is 9.56. The van der Waals surface area contributed by atoms with Crippen LogP contribution in [0.1, 0.15) is 73.4 Å². The second-order valence-electron chi connectivity index (χ2n) is 8.94. The summed E-state index contributed by atoms with van der Waals surface area (Å²) in [5.74, 6) is 0. The number of hydrogen-bond acceptors (Lipinski definition) is 1. The van der Waals surface area contributed by atoms with Crippen LogP contribution in [0.4, 0.5) is 0 Å². The van der Waals surface area contributed by atoms with Gasteiger partial charge in [0.1, 0.15) is 0 Å². The summed E-state index contributed by atoms with van der Waals surface area (Å²) in [6.45, 7) is 7.01. The van der Waals surface area contributed by atoms with Gasteiger partial charge >= 0.3 is 0 Å². The zero-order chi connectivity index (χ0) is 22.8. The van der Waals surface area contributed by atoms with Crippen LogP contribution in [0.25, 0.3) is 11.1 Å². The lowest BCUT2D eigenvalue weighted by Gasteiger charge is -2.16. The monoisotopic (exact) mass is 428 g/mol. The predicted molar refractivity (Wildman–Crippen MR) is 139 cm³/mol. The SMILES string of the molecule is CCCCc1ccc(CCc2ccc(-c3ccc(CCCO)cc3CC)c(CC)c2)cc1. The van der Waals surface area contributed by atoms with Crippen molar-refractivity contribution in [1.29, 1.82) is 0 Å². The fourth-order valence-electron chi connectivity index (χ4n) is 4.54. The average Bonchev–Trinajstić information content (AvgIpc) is 2.85. The van der Waals surface area contributed by atoms with Crippen molar-refractivity contribution in [3.63, 3.8) is 0 Å². The van der Waals surface area contributed by atoms with E-state index in [2.05, 4.69) is 81.4 Å². The van der Waals surface area contributed by atoms with Crippen LogP contribution in [0.2, 0.25) is 0 Å². The minimum atomic E-state index is 0.258. The standard InChI is InChI=1S/C31H40O/c1-4-7-9-24-11-13-25(14-12-24)15-16-27-18-20-31(29(6-3)23-27)30-19-17-26(10-8-21-32)22-28(30)5-2/h11-14,17-20,22-23,32H,4-10,15-16,21H2,1-3H3. The lowest BCUT2D eigenvalue weighted by atomic mass is 9.89. The van der Waals surface area contributed by atoms with E-state index in [1.807, 2.05) is 0 Å². The summed E-state index contributed by atoms with van der Waals surface area (Å²) in [5, 5.41) is 9.14. The van der Waals surface area contributed by atoms with Gasteiger partial charge in [-0.25, -0.2) is 0 Å². The van der Waals surface area contributed by atoms with Crippen molar-refractivity contribution in [2.45, 2.75) is 78.6 Å². The van der Waals surface area contributed by atoms with Crippen molar-refractivity contribution in [2.24, 2.45) is 0 Å². The second kappa shape index (κ2) is 12.6. The topological polar surface area (TPSA) is 20.2 Å². The van der Waals surface area contributed by atoms with Gasteiger partial charge in [-0.05, 0) is 95.9 Å². The van der Waals surface area contributed by atoms with Crippen LogP contribution in [0.3, 0.4) is 0 Å². The van der Waals surface area contributed by atoms with E-state index >= 15 is 0 Å². The van der Waals surface area contributed by atoms with Gasteiger partial charge in [0.05, 0.1) is 0 Å². The molecule has 1 N–H and O–H groups in total. The molecule has 3 aromatic rings. The molecule has 0 saturated carbocycles. The van der Waals surface area contributed by atoms with Gasteiger partial charge in [0, 0.05) is 6.61 Å². The van der Waals surface area contributed by atoms with Crippen LogP contribution in [0.5, 0.6) is 0 Å². The van der Waals surface area contributed by atoms with Gasteiger partial charge in [0.2, 0.25) is 0 Å². The first-order chi connectivity index (χ1) is 15.7. The second-order valence-corrected chi connectivity index (χ2v) is 8.94. The third-order valence-electron chi connectivity index (χ3n) is 6.56. The van der Waals surface area contributed by atoms with Crippen LogP contribution >= 0.6 is 0 Å². The van der Waals surface area contributed by atoms with Crippen molar-refractivity contribution >= 4 is 0 Å². The maximum absolute atomic E-state index is 9.14. The maximum atomic E-state index is 9.14. The highest BCUT2D eigenvalue weighted by Crippen LogP contribution is 2.30. The first-order valence-electron chi connectivity index (χ1n) is 12.6. The van der Waals surface area contributed by atoms with E-state index in [9.17, 15) is 0 Å². The summed E-state index contributed by atoms with van der Waals surface area (Å²) in [7, 11) is 0. The molecule has 0 aromatic heterocycles. The highest BCUT2D eigenvalue weighted by Gasteiger charge is 2.10. The first-order valence-corrected chi connectivity index (χ1v) is 12.6. The van der Waals surface area contributed by atoms with Gasteiger partial charge in [-0.1, -0.05) is 87.9 Å². The molecule has 170 valence electrons. The molecule has 3 rings (SSSR count). The largest absolute Gasteiger partial charge is 0.396 e. The van der Waals surface area contributed by atoms with Crippen LogP contribution in [0.15, 0.2) is 60.7 Å². The normalized spacial score (nSPS) is 11.1. The fraction of sp³-hybridized carbons (Fsp3) is 0.419. The number of aliphatic hydroxyl groups excluding tert-OH is 1. The van der Waals surface area contributed by atoms with Crippen molar-refractivity contribution in [3.05, 3.63) is 94.0 Å². The van der Waals surface area contributed by atoms with Crippen LogP contribution in [-0.2, 0) is 38.5 Å². The van der Waals surface area contributed by atoms with Gasteiger partial charge in [-0.2, -0.15) is 0 Å². The average molecular weight is 429 g/mol. The van der Waals surface area contributed by atoms with Crippen LogP contribution in [0, 0.1) is 0 Å². The van der Waals surface area contributed by atoms with Gasteiger partial charge in [0.25, 0.3) is 0 Å². The minimum absolute atomic E-state index is 0.258. The minimum Gasteiger partial charge on any atom is -0.396 e. The molecule has 0 heterocycles. The number of hydrogen-bond donors (Lipinski definition) is 1. The van der Waals surface area contributed by atoms with E-state index in [1.54, 1.807) is 0 Å². The van der Waals surface area contributed by atoms with Gasteiger partial charge < -0.3 is 5.11 Å². The molecule has 32 heavy (non-hydrogen) atoms. The van der Waals surface area contributed by atoms with Crippen molar-refractivity contribution < 1.29 is 5.11 Å². The van der Waals surface area contributed by atoms with E-state index in [0.29, 0.717) is 0 Å². The molecule has 1 heteroatoms. The Bertz CT molecular complexity index is 968. The molecule has 0 spiro atoms. The molecule has 0 aliphatic rings. The Balaban J connectivity index is 1.73. The van der Waals surface area contributed by atoms with E-state index in [1.165, 1.54) is 63.8 Å². The highest BCUT2D eigenvalue weighted by molar-refractivity contribution is 5.71. The summed E-state index contributed by atoms with van der Waals surface area (Å²) in [4.78, 5) is 0. The molecule has 0 fully saturated rings. The van der Waals surface area contributed by atoms with Crippen molar-refractivity contribution in [3.8, 4) is 11.1 Å². The molecule has 3 aromatic carbocycles. The number of rotatable bonds is 12. The molecule has 0 radical (unpaired) electrons. The zero-order valence-electron chi connectivity index (χ0n) is 20.3. The molecule has 0 bridgehead atoms. The Morgan fingerprint density at radius 2 is 0.969 bits per heavy atom. The summed E-state index contributed by atoms with van der Waals surface area (Å²) >= 11 is 0. The molecule has 0 aliphatic heterocycles. The zero-order valence-corrected chi connectivity index (χ0v) is 20.3. The Morgan fingerprint density at radius 3 is 1.47 bits per heavy atom. The lowest BCUT2D eigenvalue weighted by Crippen LogP contribution is -1.98. The summed E-state index contributed by atoms with van der Waals surface area (Å²) in [5.41, 5.74) is 11.2. The third kappa shape index (κ3) is 6.56. The summed E-state index contributed by atoms with van der Waals surface area (Å²) in [6, 6.07) is 23.2.